The Kier molecular flexibility index (Phi) is 5.69. The van der Waals surface area contributed by atoms with Crippen LogP contribution in [0.5, 0.6) is 0 Å². The van der Waals surface area contributed by atoms with Crippen LogP contribution in [-0.2, 0) is 11.2 Å². The van der Waals surface area contributed by atoms with Gasteiger partial charge in [0.15, 0.2) is 5.82 Å². The summed E-state index contributed by atoms with van der Waals surface area (Å²) in [5, 5.41) is 3.04. The summed E-state index contributed by atoms with van der Waals surface area (Å²) in [6, 6.07) is 8.18. The molecule has 29 heavy (non-hydrogen) atoms. The fraction of sp³-hybridized carbons (Fsp3) is 0.286. The number of nitrogens with one attached hydrogen (secondary N) is 1. The second kappa shape index (κ2) is 8.72. The van der Waals surface area contributed by atoms with Gasteiger partial charge in [0.25, 0.3) is 0 Å². The lowest BCUT2D eigenvalue weighted by atomic mass is 10.1. The predicted octanol–water partition coefficient (Wildman–Crippen LogP) is 3.10. The summed E-state index contributed by atoms with van der Waals surface area (Å²) in [4.78, 5) is 31.4. The van der Waals surface area contributed by atoms with E-state index in [4.69, 9.17) is 0 Å². The maximum absolute atomic E-state index is 13.0. The van der Waals surface area contributed by atoms with Crippen molar-refractivity contribution in [2.75, 3.05) is 18.4 Å². The fourth-order valence-electron chi connectivity index (χ4n) is 3.43. The fourth-order valence-corrected chi connectivity index (χ4v) is 3.43. The van der Waals surface area contributed by atoms with Gasteiger partial charge in [0, 0.05) is 44.0 Å². The Labute approximate surface area is 168 Å². The molecule has 148 valence electrons. The molecule has 3 aromatic rings. The molecule has 1 aromatic carbocycles. The molecule has 0 aliphatic carbocycles. The van der Waals surface area contributed by atoms with Crippen LogP contribution in [0.1, 0.15) is 30.0 Å². The molecule has 1 aliphatic heterocycles. The van der Waals surface area contributed by atoms with E-state index in [0.717, 1.165) is 17.7 Å². The first kappa shape index (κ1) is 18.9. The van der Waals surface area contributed by atoms with Crippen LogP contribution >= 0.6 is 0 Å². The Morgan fingerprint density at radius 1 is 1.14 bits per heavy atom. The first-order valence-electron chi connectivity index (χ1n) is 9.55. The number of carbonyl (C=O) groups is 1. The lowest BCUT2D eigenvalue weighted by Gasteiger charge is -2.16. The summed E-state index contributed by atoms with van der Waals surface area (Å²) >= 11 is 0. The van der Waals surface area contributed by atoms with E-state index in [1.165, 1.54) is 12.1 Å². The van der Waals surface area contributed by atoms with Crippen LogP contribution in [0.25, 0.3) is 0 Å². The summed E-state index contributed by atoms with van der Waals surface area (Å²) in [6.07, 6.45) is 8.40. The molecule has 4 rings (SSSR count). The van der Waals surface area contributed by atoms with Gasteiger partial charge in [0.2, 0.25) is 11.9 Å². The van der Waals surface area contributed by atoms with E-state index in [2.05, 4.69) is 25.3 Å². The van der Waals surface area contributed by atoms with Gasteiger partial charge in [-0.1, -0.05) is 12.1 Å². The SMILES string of the molecule is O=C(CCc1ccc(F)cc1)N1CC[C@@H](c2ccnc(Nc3cnccn3)n2)C1. The zero-order valence-electron chi connectivity index (χ0n) is 15.8. The number of halogens is 1. The van der Waals surface area contributed by atoms with E-state index in [1.54, 1.807) is 36.9 Å². The highest BCUT2D eigenvalue weighted by molar-refractivity contribution is 5.76. The molecule has 1 aliphatic rings. The number of rotatable bonds is 6. The summed E-state index contributed by atoms with van der Waals surface area (Å²) < 4.78 is 13.0. The van der Waals surface area contributed by atoms with Gasteiger partial charge in [-0.2, -0.15) is 0 Å². The molecule has 1 saturated heterocycles. The van der Waals surface area contributed by atoms with Crippen molar-refractivity contribution in [1.29, 1.82) is 0 Å². The van der Waals surface area contributed by atoms with Crippen molar-refractivity contribution in [2.24, 2.45) is 0 Å². The second-order valence-electron chi connectivity index (χ2n) is 6.97. The van der Waals surface area contributed by atoms with Crippen LogP contribution < -0.4 is 5.32 Å². The standard InChI is InChI=1S/C21H21FN6O/c22-17-4-1-15(2-5-17)3-6-20(29)28-12-8-16(14-28)18-7-9-25-21(26-18)27-19-13-23-10-11-24-19/h1-2,4-5,7,9-11,13,16H,3,6,8,12,14H2,(H,24,25,26,27)/t16-/m1/s1. The molecular formula is C21H21FN6O. The minimum atomic E-state index is -0.263. The number of carbonyl (C=O) groups excluding carboxylic acids is 1. The Morgan fingerprint density at radius 2 is 2.00 bits per heavy atom. The zero-order valence-corrected chi connectivity index (χ0v) is 15.8. The topological polar surface area (TPSA) is 83.9 Å². The molecule has 1 amide bonds. The maximum Gasteiger partial charge on any atom is 0.228 e. The summed E-state index contributed by atoms with van der Waals surface area (Å²) in [7, 11) is 0. The molecule has 1 N–H and O–H groups in total. The number of nitrogens with zero attached hydrogens (tertiary/aromatic N) is 5. The van der Waals surface area contributed by atoms with Crippen LogP contribution in [0, 0.1) is 5.82 Å². The van der Waals surface area contributed by atoms with Crippen LogP contribution in [0.2, 0.25) is 0 Å². The third kappa shape index (κ3) is 4.90. The van der Waals surface area contributed by atoms with Gasteiger partial charge in [0.05, 0.1) is 11.9 Å². The van der Waals surface area contributed by atoms with Crippen molar-refractivity contribution in [2.45, 2.75) is 25.2 Å². The average molecular weight is 392 g/mol. The smallest absolute Gasteiger partial charge is 0.228 e. The summed E-state index contributed by atoms with van der Waals surface area (Å²) in [5.74, 6) is 1.07. The third-order valence-electron chi connectivity index (χ3n) is 4.98. The van der Waals surface area contributed by atoms with Gasteiger partial charge in [-0.25, -0.2) is 19.3 Å². The number of aromatic nitrogens is 4. The first-order chi connectivity index (χ1) is 14.2. The molecule has 8 heteroatoms. The quantitative estimate of drug-likeness (QED) is 0.694. The lowest BCUT2D eigenvalue weighted by molar-refractivity contribution is -0.130. The maximum atomic E-state index is 13.0. The lowest BCUT2D eigenvalue weighted by Crippen LogP contribution is -2.28. The van der Waals surface area contributed by atoms with Crippen molar-refractivity contribution in [3.8, 4) is 0 Å². The van der Waals surface area contributed by atoms with Gasteiger partial charge >= 0.3 is 0 Å². The molecule has 2 aromatic heterocycles. The van der Waals surface area contributed by atoms with Crippen LogP contribution in [0.4, 0.5) is 16.2 Å². The van der Waals surface area contributed by atoms with E-state index >= 15 is 0 Å². The number of aryl methyl sites for hydroxylation is 1. The predicted molar refractivity (Wildman–Crippen MR) is 106 cm³/mol. The Bertz CT molecular complexity index is 966. The minimum absolute atomic E-state index is 0.115. The highest BCUT2D eigenvalue weighted by Crippen LogP contribution is 2.27. The van der Waals surface area contributed by atoms with Crippen LogP contribution in [-0.4, -0.2) is 43.8 Å². The number of hydrogen-bond acceptors (Lipinski definition) is 6. The monoisotopic (exact) mass is 392 g/mol. The van der Waals surface area contributed by atoms with Crippen LogP contribution in [0.3, 0.4) is 0 Å². The van der Waals surface area contributed by atoms with Gasteiger partial charge in [-0.15, -0.1) is 0 Å². The Morgan fingerprint density at radius 3 is 2.79 bits per heavy atom. The summed E-state index contributed by atoms with van der Waals surface area (Å²) in [6.45, 7) is 1.35. The number of likely N-dealkylation sites (tertiary alicyclic amines) is 1. The van der Waals surface area contributed by atoms with Crippen molar-refractivity contribution >= 4 is 17.7 Å². The van der Waals surface area contributed by atoms with E-state index in [0.29, 0.717) is 37.7 Å². The number of hydrogen-bond donors (Lipinski definition) is 1. The third-order valence-corrected chi connectivity index (χ3v) is 4.98. The largest absolute Gasteiger partial charge is 0.342 e. The zero-order chi connectivity index (χ0) is 20.1. The molecule has 0 radical (unpaired) electrons. The van der Waals surface area contributed by atoms with Crippen molar-refractivity contribution in [3.05, 3.63) is 72.2 Å². The van der Waals surface area contributed by atoms with Crippen LogP contribution in [0.15, 0.2) is 55.1 Å². The number of amides is 1. The Hall–Kier alpha value is -3.42. The normalized spacial score (nSPS) is 16.0. The van der Waals surface area contributed by atoms with E-state index in [9.17, 15) is 9.18 Å². The summed E-state index contributed by atoms with van der Waals surface area (Å²) in [5.41, 5.74) is 1.87. The van der Waals surface area contributed by atoms with Gasteiger partial charge in [-0.3, -0.25) is 9.78 Å². The molecule has 1 fully saturated rings. The number of anilines is 2. The van der Waals surface area contributed by atoms with E-state index in [-0.39, 0.29) is 17.6 Å². The molecule has 1 atom stereocenters. The second-order valence-corrected chi connectivity index (χ2v) is 6.97. The molecule has 0 saturated carbocycles. The van der Waals surface area contributed by atoms with Gasteiger partial charge < -0.3 is 10.2 Å². The Balaban J connectivity index is 1.33. The molecular weight excluding hydrogens is 371 g/mol. The molecule has 0 unspecified atom stereocenters. The van der Waals surface area contributed by atoms with Gasteiger partial charge in [-0.05, 0) is 36.6 Å². The molecule has 0 spiro atoms. The highest BCUT2D eigenvalue weighted by Gasteiger charge is 2.28. The van der Waals surface area contributed by atoms with Crippen molar-refractivity contribution in [1.82, 2.24) is 24.8 Å². The highest BCUT2D eigenvalue weighted by atomic mass is 19.1. The average Bonchev–Trinajstić information content (AvgIpc) is 3.25. The van der Waals surface area contributed by atoms with E-state index < -0.39 is 0 Å². The minimum Gasteiger partial charge on any atom is -0.342 e. The molecule has 7 nitrogen and oxygen atoms in total. The van der Waals surface area contributed by atoms with Crippen molar-refractivity contribution < 1.29 is 9.18 Å². The van der Waals surface area contributed by atoms with Crippen molar-refractivity contribution in [3.63, 3.8) is 0 Å². The number of benzene rings is 1. The van der Waals surface area contributed by atoms with E-state index in [1.807, 2.05) is 11.0 Å². The van der Waals surface area contributed by atoms with Gasteiger partial charge in [0.1, 0.15) is 5.82 Å². The first-order valence-corrected chi connectivity index (χ1v) is 9.55. The molecule has 0 bridgehead atoms. The molecule has 3 heterocycles.